The lowest BCUT2D eigenvalue weighted by Gasteiger charge is -2.41. The summed E-state index contributed by atoms with van der Waals surface area (Å²) in [5.41, 5.74) is 13.3. The number of para-hydroxylation sites is 3. The lowest BCUT2D eigenvalue weighted by Crippen LogP contribution is -2.43. The number of hydrogen-bond donors (Lipinski definition) is 1. The van der Waals surface area contributed by atoms with Gasteiger partial charge in [0.25, 0.3) is 0 Å². The molecule has 0 radical (unpaired) electrons. The van der Waals surface area contributed by atoms with Gasteiger partial charge in [-0.25, -0.2) is 0 Å². The van der Waals surface area contributed by atoms with Crippen molar-refractivity contribution >= 4 is 39.0 Å². The molecule has 0 aliphatic carbocycles. The Kier molecular flexibility index (Phi) is 7.30. The third-order valence-electron chi connectivity index (χ3n) is 10.1. The quantitative estimate of drug-likeness (QED) is 0.197. The summed E-state index contributed by atoms with van der Waals surface area (Å²) in [6.07, 6.45) is 0. The second kappa shape index (κ2) is 11.7. The molecule has 1 N–H and O–H groups in total. The average molecular weight is 638 g/mol. The van der Waals surface area contributed by atoms with Crippen LogP contribution in [0, 0.1) is 11.3 Å². The standard InChI is InChI=1S/C45H39N3O/c1-28(2)37-24-34(31-14-7-6-8-15-31)25-38(29(3)4)43(37)48-41-20-10-9-19-40(41)47-45(48,5)39-18-12-17-36-35-22-21-33(26-42(35)49-44(36)39)32-16-11-13-30(23-32)27-46/h6-26,28-29,47H,1-5H3. The molecule has 0 saturated heterocycles. The van der Waals surface area contributed by atoms with Crippen LogP contribution in [0.1, 0.15) is 68.7 Å². The van der Waals surface area contributed by atoms with E-state index in [1.54, 1.807) is 0 Å². The van der Waals surface area contributed by atoms with E-state index in [2.05, 4.69) is 154 Å². The first-order chi connectivity index (χ1) is 23.8. The van der Waals surface area contributed by atoms with Gasteiger partial charge in [0.1, 0.15) is 16.8 Å². The number of furan rings is 1. The van der Waals surface area contributed by atoms with Gasteiger partial charge in [0.05, 0.1) is 28.7 Å². The molecule has 2 heterocycles. The lowest BCUT2D eigenvalue weighted by atomic mass is 9.86. The van der Waals surface area contributed by atoms with E-state index in [-0.39, 0.29) is 11.8 Å². The van der Waals surface area contributed by atoms with Crippen molar-refractivity contribution in [2.45, 2.75) is 52.1 Å². The first kappa shape index (κ1) is 30.5. The molecule has 7 aromatic rings. The van der Waals surface area contributed by atoms with Crippen molar-refractivity contribution < 1.29 is 4.42 Å². The topological polar surface area (TPSA) is 52.2 Å². The second-order valence-corrected chi connectivity index (χ2v) is 13.9. The van der Waals surface area contributed by atoms with E-state index >= 15 is 0 Å². The number of nitriles is 1. The summed E-state index contributed by atoms with van der Waals surface area (Å²) in [4.78, 5) is 2.53. The van der Waals surface area contributed by atoms with Crippen LogP contribution in [0.4, 0.5) is 17.1 Å². The van der Waals surface area contributed by atoms with Gasteiger partial charge in [-0.2, -0.15) is 5.26 Å². The number of nitrogens with one attached hydrogen (secondary N) is 1. The molecule has 1 aliphatic heterocycles. The summed E-state index contributed by atoms with van der Waals surface area (Å²) in [6, 6.07) is 47.0. The van der Waals surface area contributed by atoms with Crippen molar-refractivity contribution in [1.29, 1.82) is 5.26 Å². The van der Waals surface area contributed by atoms with Gasteiger partial charge in [0.2, 0.25) is 0 Å². The third kappa shape index (κ3) is 4.97. The smallest absolute Gasteiger partial charge is 0.142 e. The summed E-state index contributed by atoms with van der Waals surface area (Å²) < 4.78 is 6.86. The van der Waals surface area contributed by atoms with Crippen LogP contribution in [-0.4, -0.2) is 0 Å². The van der Waals surface area contributed by atoms with Gasteiger partial charge in [-0.05, 0) is 101 Å². The summed E-state index contributed by atoms with van der Waals surface area (Å²) in [5, 5.41) is 15.6. The number of rotatable bonds is 6. The van der Waals surface area contributed by atoms with Gasteiger partial charge in [-0.3, -0.25) is 0 Å². The molecule has 4 nitrogen and oxygen atoms in total. The highest BCUT2D eigenvalue weighted by Crippen LogP contribution is 2.55. The molecule has 49 heavy (non-hydrogen) atoms. The number of nitrogens with zero attached hydrogens (tertiary/aromatic N) is 2. The van der Waals surface area contributed by atoms with Crippen molar-refractivity contribution in [2.75, 3.05) is 10.2 Å². The molecular formula is C45H39N3O. The molecule has 8 rings (SSSR count). The van der Waals surface area contributed by atoms with Crippen LogP contribution in [0.2, 0.25) is 0 Å². The fourth-order valence-electron chi connectivity index (χ4n) is 7.61. The minimum Gasteiger partial charge on any atom is -0.456 e. The first-order valence-electron chi connectivity index (χ1n) is 17.1. The highest BCUT2D eigenvalue weighted by molar-refractivity contribution is 6.07. The van der Waals surface area contributed by atoms with Gasteiger partial charge in [-0.15, -0.1) is 0 Å². The second-order valence-electron chi connectivity index (χ2n) is 13.9. The predicted octanol–water partition coefficient (Wildman–Crippen LogP) is 12.5. The highest BCUT2D eigenvalue weighted by atomic mass is 16.3. The van der Waals surface area contributed by atoms with Crippen LogP contribution in [-0.2, 0) is 5.66 Å². The minimum absolute atomic E-state index is 0.285. The van der Waals surface area contributed by atoms with Gasteiger partial charge in [-0.1, -0.05) is 107 Å². The Morgan fingerprint density at radius 1 is 0.653 bits per heavy atom. The van der Waals surface area contributed by atoms with Crippen molar-refractivity contribution in [3.05, 3.63) is 150 Å². The first-order valence-corrected chi connectivity index (χ1v) is 17.1. The largest absolute Gasteiger partial charge is 0.456 e. The zero-order chi connectivity index (χ0) is 33.9. The van der Waals surface area contributed by atoms with E-state index in [1.165, 1.54) is 27.9 Å². The van der Waals surface area contributed by atoms with E-state index in [0.717, 1.165) is 50.0 Å². The predicted molar refractivity (Wildman–Crippen MR) is 203 cm³/mol. The molecule has 4 heteroatoms. The van der Waals surface area contributed by atoms with Gasteiger partial charge in [0, 0.05) is 16.3 Å². The maximum absolute atomic E-state index is 9.49. The zero-order valence-electron chi connectivity index (χ0n) is 28.6. The zero-order valence-corrected chi connectivity index (χ0v) is 28.6. The summed E-state index contributed by atoms with van der Waals surface area (Å²) in [7, 11) is 0. The van der Waals surface area contributed by atoms with Crippen LogP contribution in [0.5, 0.6) is 0 Å². The molecule has 6 aromatic carbocycles. The molecule has 0 spiro atoms. The van der Waals surface area contributed by atoms with Crippen molar-refractivity contribution in [3.63, 3.8) is 0 Å². The molecule has 1 aromatic heterocycles. The Bertz CT molecular complexity index is 2380. The number of benzene rings is 6. The summed E-state index contributed by atoms with van der Waals surface area (Å²) >= 11 is 0. The van der Waals surface area contributed by atoms with E-state index in [4.69, 9.17) is 4.42 Å². The molecule has 0 saturated carbocycles. The molecule has 1 unspecified atom stereocenters. The van der Waals surface area contributed by atoms with Crippen LogP contribution < -0.4 is 10.2 Å². The van der Waals surface area contributed by atoms with Crippen molar-refractivity contribution in [2.24, 2.45) is 0 Å². The van der Waals surface area contributed by atoms with E-state index < -0.39 is 5.66 Å². The molecule has 1 atom stereocenters. The van der Waals surface area contributed by atoms with Crippen molar-refractivity contribution in [1.82, 2.24) is 0 Å². The molecule has 0 fully saturated rings. The molecular weight excluding hydrogens is 599 g/mol. The number of fused-ring (bicyclic) bond motifs is 4. The summed E-state index contributed by atoms with van der Waals surface area (Å²) in [5.74, 6) is 0.571. The Morgan fingerprint density at radius 3 is 2.06 bits per heavy atom. The fourth-order valence-corrected chi connectivity index (χ4v) is 7.61. The molecule has 240 valence electrons. The maximum Gasteiger partial charge on any atom is 0.142 e. The van der Waals surface area contributed by atoms with Crippen LogP contribution in [0.15, 0.2) is 132 Å². The normalized spacial score (nSPS) is 15.6. The van der Waals surface area contributed by atoms with Gasteiger partial charge in [0.15, 0.2) is 0 Å². The number of hydrogen-bond acceptors (Lipinski definition) is 4. The average Bonchev–Trinajstić information content (AvgIpc) is 3.65. The van der Waals surface area contributed by atoms with Crippen molar-refractivity contribution in [3.8, 4) is 28.3 Å². The van der Waals surface area contributed by atoms with E-state index in [9.17, 15) is 5.26 Å². The maximum atomic E-state index is 9.49. The fraction of sp³-hybridized carbons (Fsp3) is 0.178. The Labute approximate surface area is 288 Å². The molecule has 1 aliphatic rings. The summed E-state index contributed by atoms with van der Waals surface area (Å²) in [6.45, 7) is 11.5. The monoisotopic (exact) mass is 637 g/mol. The highest BCUT2D eigenvalue weighted by Gasteiger charge is 2.45. The van der Waals surface area contributed by atoms with E-state index in [1.807, 2.05) is 24.3 Å². The minimum atomic E-state index is -0.664. The third-order valence-corrected chi connectivity index (χ3v) is 10.1. The Morgan fingerprint density at radius 2 is 1.33 bits per heavy atom. The lowest BCUT2D eigenvalue weighted by molar-refractivity contribution is 0.558. The SMILES string of the molecule is CC(C)c1cc(-c2ccccc2)cc(C(C)C)c1N1c2ccccc2NC1(C)c1cccc2c1oc1cc(-c3cccc(C#N)c3)ccc12. The molecule has 0 amide bonds. The van der Waals surface area contributed by atoms with Crippen LogP contribution in [0.3, 0.4) is 0 Å². The Balaban J connectivity index is 1.36. The van der Waals surface area contributed by atoms with Crippen LogP contribution >= 0.6 is 0 Å². The number of anilines is 3. The van der Waals surface area contributed by atoms with E-state index in [0.29, 0.717) is 5.56 Å². The van der Waals surface area contributed by atoms with Crippen LogP contribution in [0.25, 0.3) is 44.2 Å². The van der Waals surface area contributed by atoms with Gasteiger partial charge < -0.3 is 14.6 Å². The Hall–Kier alpha value is -5.79. The molecule has 0 bridgehead atoms. The van der Waals surface area contributed by atoms with Gasteiger partial charge >= 0.3 is 0 Å².